The number of hydrogen-bond acceptors (Lipinski definition) is 0. The fraction of sp³-hybridized carbons (Fsp3) is 0. The first kappa shape index (κ1) is 194. The predicted molar refractivity (Wildman–Crippen MR) is 4.81 cm³/mol. The molecular weight excluding hydrogens is 634 g/mol. The van der Waals surface area contributed by atoms with Crippen LogP contribution in [0.15, 0.2) is 0 Å². The zero-order valence-corrected chi connectivity index (χ0v) is 18.2. The van der Waals surface area contributed by atoms with Crippen molar-refractivity contribution < 1.29 is 160 Å². The summed E-state index contributed by atoms with van der Waals surface area (Å²) in [5, 5.41) is 0. The molecule has 0 aliphatic carbocycles. The molecule has 0 N–H and O–H groups in total. The van der Waals surface area contributed by atoms with Gasteiger partial charge in [0.2, 0.25) is 0 Å². The van der Waals surface area contributed by atoms with Crippen LogP contribution in [0.5, 0.6) is 0 Å². The smallest absolute Gasteiger partial charge is 1.00 e. The molecule has 7 nitrogen and oxygen atoms in total. The van der Waals surface area contributed by atoms with Crippen LogP contribution < -0.4 is 59.1 Å². The van der Waals surface area contributed by atoms with Gasteiger partial charge in [-0.15, -0.1) is 0 Å². The van der Waals surface area contributed by atoms with Crippen molar-refractivity contribution in [1.29, 1.82) is 0 Å². The molecule has 0 heterocycles. The van der Waals surface area contributed by atoms with Crippen LogP contribution in [0.25, 0.3) is 0 Å². The molecule has 11 heteroatoms. The van der Waals surface area contributed by atoms with Gasteiger partial charge in [0, 0.05) is 62.2 Å². The monoisotopic (exact) mass is 634 g/mol. The molecule has 0 bridgehead atoms. The first-order valence-corrected chi connectivity index (χ1v) is 0. The maximum atomic E-state index is 0. The normalized spacial score (nSPS) is 0. The van der Waals surface area contributed by atoms with Crippen LogP contribution in [0.2, 0.25) is 0 Å². The molecule has 11 heavy (non-hydrogen) atoms. The topological polar surface area (TPSA) is 200 Å². The van der Waals surface area contributed by atoms with Gasteiger partial charge in [-0.25, -0.2) is 0 Å². The largest absolute Gasteiger partial charge is 2.00 e. The summed E-state index contributed by atoms with van der Waals surface area (Å²) in [4.78, 5) is 0. The van der Waals surface area contributed by atoms with Crippen LogP contribution in [0.4, 0.5) is 0 Å². The maximum absolute atomic E-state index is 0. The summed E-state index contributed by atoms with van der Waals surface area (Å²) < 4.78 is 0. The van der Waals surface area contributed by atoms with Crippen molar-refractivity contribution >= 4 is 0 Å². The molecule has 0 amide bonds. The molecule has 0 spiro atoms. The average molecular weight is 634 g/mol. The van der Waals surface area contributed by atoms with E-state index in [0.29, 0.717) is 0 Å². The minimum atomic E-state index is 0. The van der Waals surface area contributed by atoms with Crippen molar-refractivity contribution in [2.45, 2.75) is 0 Å². The SMILES string of the molecule is [Na+].[Na+].[O-2].[O-2].[O-2].[O-2].[O-2].[O-2].[O-2].[U].[U]. The van der Waals surface area contributed by atoms with Crippen LogP contribution >= 0.6 is 0 Å². The van der Waals surface area contributed by atoms with E-state index in [4.69, 9.17) is 0 Å². The van der Waals surface area contributed by atoms with Crippen LogP contribution in [0.3, 0.4) is 0 Å². The van der Waals surface area contributed by atoms with Crippen molar-refractivity contribution in [3.05, 3.63) is 0 Å². The fourth-order valence-electron chi connectivity index (χ4n) is 0. The molecular formula is Na2O7U2-12. The van der Waals surface area contributed by atoms with Crippen LogP contribution in [-0.2, 0) is 38.3 Å². The van der Waals surface area contributed by atoms with Crippen LogP contribution in [0, 0.1) is 62.2 Å². The molecule has 0 aromatic rings. The van der Waals surface area contributed by atoms with E-state index in [-0.39, 0.29) is 160 Å². The third-order valence-electron chi connectivity index (χ3n) is 0. The third kappa shape index (κ3) is 132. The van der Waals surface area contributed by atoms with Gasteiger partial charge in [-0.2, -0.15) is 0 Å². The summed E-state index contributed by atoms with van der Waals surface area (Å²) in [7, 11) is 0. The molecule has 0 atom stereocenters. The van der Waals surface area contributed by atoms with E-state index < -0.39 is 0 Å². The third-order valence-corrected chi connectivity index (χ3v) is 0. The van der Waals surface area contributed by atoms with Gasteiger partial charge in [0.1, 0.15) is 0 Å². The summed E-state index contributed by atoms with van der Waals surface area (Å²) in [6, 6.07) is 0. The van der Waals surface area contributed by atoms with Crippen molar-refractivity contribution in [3.8, 4) is 0 Å². The summed E-state index contributed by atoms with van der Waals surface area (Å²) >= 11 is 0. The molecule has 0 unspecified atom stereocenters. The number of hydrogen-bond donors (Lipinski definition) is 0. The summed E-state index contributed by atoms with van der Waals surface area (Å²) in [5.74, 6) is 0. The second-order valence-corrected chi connectivity index (χ2v) is 0. The molecule has 0 aliphatic rings. The van der Waals surface area contributed by atoms with Crippen molar-refractivity contribution in [3.63, 3.8) is 0 Å². The van der Waals surface area contributed by atoms with Gasteiger partial charge in [0.25, 0.3) is 0 Å². The Morgan fingerprint density at radius 2 is 0.273 bits per heavy atom. The fourth-order valence-corrected chi connectivity index (χ4v) is 0. The van der Waals surface area contributed by atoms with Crippen LogP contribution in [-0.4, -0.2) is 0 Å². The molecule has 0 aromatic carbocycles. The first-order valence-electron chi connectivity index (χ1n) is 0. The van der Waals surface area contributed by atoms with E-state index in [1.54, 1.807) is 0 Å². The Kier molecular flexibility index (Phi) is 2740. The minimum Gasteiger partial charge on any atom is -2.00 e. The molecule has 0 rings (SSSR count). The van der Waals surface area contributed by atoms with E-state index >= 15 is 0 Å². The minimum absolute atomic E-state index is 0. The molecule has 0 fully saturated rings. The molecule has 64 valence electrons. The molecule has 0 saturated carbocycles. The van der Waals surface area contributed by atoms with Crippen molar-refractivity contribution in [1.82, 2.24) is 0 Å². The standard InChI is InChI=1S/2Na.7O.2U/q2*+1;7*-2;;. The Labute approximate surface area is 156 Å². The maximum Gasteiger partial charge on any atom is 1.00 e. The Morgan fingerprint density at radius 1 is 0.273 bits per heavy atom. The van der Waals surface area contributed by atoms with Gasteiger partial charge in [-0.05, 0) is 0 Å². The van der Waals surface area contributed by atoms with Crippen molar-refractivity contribution in [2.75, 3.05) is 0 Å². The van der Waals surface area contributed by atoms with E-state index in [1.807, 2.05) is 0 Å². The molecule has 0 aromatic heterocycles. The quantitative estimate of drug-likeness (QED) is 0.229. The summed E-state index contributed by atoms with van der Waals surface area (Å²) in [5.41, 5.74) is 0. The Morgan fingerprint density at radius 3 is 0.273 bits per heavy atom. The summed E-state index contributed by atoms with van der Waals surface area (Å²) in [6.07, 6.45) is 0. The zero-order chi connectivity index (χ0) is 0. The zero-order valence-electron chi connectivity index (χ0n) is 5.86. The van der Waals surface area contributed by atoms with E-state index in [1.165, 1.54) is 0 Å². The second-order valence-electron chi connectivity index (χ2n) is 0. The van der Waals surface area contributed by atoms with E-state index in [0.717, 1.165) is 0 Å². The molecule has 0 aliphatic heterocycles. The van der Waals surface area contributed by atoms with Gasteiger partial charge < -0.3 is 38.3 Å². The molecule has 0 radical (unpaired) electrons. The van der Waals surface area contributed by atoms with E-state index in [9.17, 15) is 0 Å². The Balaban J connectivity index is 0. The molecule has 0 saturated heterocycles. The van der Waals surface area contributed by atoms with Gasteiger partial charge in [-0.3, -0.25) is 0 Å². The van der Waals surface area contributed by atoms with Crippen LogP contribution in [0.1, 0.15) is 0 Å². The predicted octanol–water partition coefficient (Wildman–Crippen LogP) is -6.82. The summed E-state index contributed by atoms with van der Waals surface area (Å²) in [6.45, 7) is 0. The Hall–Kier alpha value is 3.82. The van der Waals surface area contributed by atoms with Gasteiger partial charge in [0.05, 0.1) is 0 Å². The van der Waals surface area contributed by atoms with Crippen molar-refractivity contribution in [2.24, 2.45) is 0 Å². The van der Waals surface area contributed by atoms with Gasteiger partial charge >= 0.3 is 59.1 Å². The van der Waals surface area contributed by atoms with Gasteiger partial charge in [-0.1, -0.05) is 0 Å². The van der Waals surface area contributed by atoms with E-state index in [2.05, 4.69) is 0 Å². The van der Waals surface area contributed by atoms with Gasteiger partial charge in [0.15, 0.2) is 0 Å². The first-order chi connectivity index (χ1) is 0. The number of rotatable bonds is 0. The second kappa shape index (κ2) is 155. The average Bonchev–Trinajstić information content (AvgIpc) is 0. The Bertz CT molecular complexity index is 14.4.